The van der Waals surface area contributed by atoms with Crippen LogP contribution in [0.2, 0.25) is 0 Å². The first-order valence-electron chi connectivity index (χ1n) is 35.0. The summed E-state index contributed by atoms with van der Waals surface area (Å²) >= 11 is 0. The van der Waals surface area contributed by atoms with Gasteiger partial charge >= 0.3 is 19.8 Å². The molecule has 0 aromatic heterocycles. The summed E-state index contributed by atoms with van der Waals surface area (Å²) in [4.78, 5) is 74.2. The molecule has 0 saturated carbocycles. The van der Waals surface area contributed by atoms with E-state index in [4.69, 9.17) is 28.2 Å². The molecule has 2 rings (SSSR count). The SMILES string of the molecule is CCCCCCCCCCCC(=O)OC(CCCCCCCCCCC)CC(=O)NC1C(O)[C@@H](OP(=O)(O)O)C(CO)O[C@H]1OCC1O[C@H](O)C(NC(=O)CC(O)CCCCCCCCCCC)C(OC(=O)CC(O)CCCCCCCCCCC)[C@@H]1O. The number of aliphatic hydroxyl groups is 6. The van der Waals surface area contributed by atoms with Crippen LogP contribution in [0.1, 0.15) is 304 Å². The Morgan fingerprint density at radius 3 is 1.34 bits per heavy atom. The molecule has 2 aliphatic heterocycles. The fourth-order valence-electron chi connectivity index (χ4n) is 11.8. The van der Waals surface area contributed by atoms with E-state index in [0.29, 0.717) is 44.9 Å². The van der Waals surface area contributed by atoms with Crippen LogP contribution in [-0.2, 0) is 52.0 Å². The van der Waals surface area contributed by atoms with Gasteiger partial charge in [0.15, 0.2) is 18.7 Å². The van der Waals surface area contributed by atoms with Crippen LogP contribution >= 0.6 is 7.82 Å². The van der Waals surface area contributed by atoms with Gasteiger partial charge in [-0.1, -0.05) is 246 Å². The van der Waals surface area contributed by atoms with Gasteiger partial charge in [-0.3, -0.25) is 23.7 Å². The number of nitrogens with one attached hydrogen (secondary N) is 2. The maximum Gasteiger partial charge on any atom is 0.470 e. The summed E-state index contributed by atoms with van der Waals surface area (Å²) in [5, 5.41) is 72.5. The summed E-state index contributed by atoms with van der Waals surface area (Å²) in [5.74, 6) is -2.88. The molecule has 22 heteroatoms. The van der Waals surface area contributed by atoms with Gasteiger partial charge in [-0.15, -0.1) is 0 Å². The Bertz CT molecular complexity index is 1820. The second kappa shape index (κ2) is 51.1. The molecule has 9 unspecified atom stereocenters. The van der Waals surface area contributed by atoms with E-state index < -0.39 is 131 Å². The molecular formula is C66H125N2O19P. The van der Waals surface area contributed by atoms with Crippen LogP contribution in [0.3, 0.4) is 0 Å². The lowest BCUT2D eigenvalue weighted by molar-refractivity contribution is -0.297. The van der Waals surface area contributed by atoms with Crippen molar-refractivity contribution >= 4 is 31.6 Å². The van der Waals surface area contributed by atoms with Crippen LogP contribution in [0.5, 0.6) is 0 Å². The molecule has 2 aliphatic rings. The van der Waals surface area contributed by atoms with Crippen LogP contribution in [0.15, 0.2) is 0 Å². The van der Waals surface area contributed by atoms with Crippen LogP contribution in [0.4, 0.5) is 0 Å². The molecule has 0 aliphatic carbocycles. The molecule has 88 heavy (non-hydrogen) atoms. The Morgan fingerprint density at radius 1 is 0.477 bits per heavy atom. The van der Waals surface area contributed by atoms with Gasteiger partial charge in [0.25, 0.3) is 0 Å². The molecule has 2 amide bonds. The number of rotatable bonds is 56. The highest BCUT2D eigenvalue weighted by Gasteiger charge is 2.52. The van der Waals surface area contributed by atoms with Gasteiger partial charge in [-0.25, -0.2) is 4.57 Å². The lowest BCUT2D eigenvalue weighted by Crippen LogP contribution is -2.67. The van der Waals surface area contributed by atoms with Crippen LogP contribution in [0.25, 0.3) is 0 Å². The number of hydrogen-bond acceptors (Lipinski definition) is 17. The summed E-state index contributed by atoms with van der Waals surface area (Å²) in [6.45, 7) is 7.01. The van der Waals surface area contributed by atoms with Crippen LogP contribution in [0, 0.1) is 0 Å². The van der Waals surface area contributed by atoms with Gasteiger partial charge in [-0.2, -0.15) is 0 Å². The maximum atomic E-state index is 14.1. The molecular weight excluding hydrogens is 1160 g/mol. The largest absolute Gasteiger partial charge is 0.470 e. The number of carbonyl (C=O) groups is 4. The van der Waals surface area contributed by atoms with Gasteiger partial charge in [-0.05, 0) is 32.1 Å². The standard InChI is InChI=1S/C66H125N2O19P/c1-5-9-13-17-21-25-29-33-37-41-50(70)45-55(72)68-60-64(86-58(75)46-51(71)42-38-34-30-26-22-18-14-10-6-2)61(76)54(84-65(60)78)49-82-66-59(62(77)63(53(48-69)85-66)87-88(79,80)81)67-56(73)47-52(43-39-35-31-27-23-19-15-11-7-3)83-57(74)44-40-36-32-28-24-20-16-12-8-4/h50-54,59-66,69-71,76-78H,5-49H2,1-4H3,(H,67,73)(H,68,72)(H2,79,80,81)/t50?,51?,52?,53?,54?,59?,60?,61-,62?,63+,64?,65+,66-/m1/s1. The second-order valence-electron chi connectivity index (χ2n) is 25.3. The summed E-state index contributed by atoms with van der Waals surface area (Å²) in [5.41, 5.74) is 0. The summed E-state index contributed by atoms with van der Waals surface area (Å²) in [6.07, 6.45) is 20.5. The fourth-order valence-corrected chi connectivity index (χ4v) is 12.4. The zero-order valence-electron chi connectivity index (χ0n) is 54.8. The summed E-state index contributed by atoms with van der Waals surface area (Å²) < 4.78 is 46.6. The van der Waals surface area contributed by atoms with Crippen molar-refractivity contribution in [3.05, 3.63) is 0 Å². The number of aliphatic hydroxyl groups excluding tert-OH is 6. The Kier molecular flexibility index (Phi) is 47.5. The van der Waals surface area contributed by atoms with Gasteiger partial charge in [0, 0.05) is 6.42 Å². The fraction of sp³-hybridized carbons (Fsp3) is 0.939. The predicted octanol–water partition coefficient (Wildman–Crippen LogP) is 11.0. The second-order valence-corrected chi connectivity index (χ2v) is 26.5. The predicted molar refractivity (Wildman–Crippen MR) is 338 cm³/mol. The number of carbonyl (C=O) groups excluding carboxylic acids is 4. The van der Waals surface area contributed by atoms with Crippen molar-refractivity contribution in [2.75, 3.05) is 13.2 Å². The van der Waals surface area contributed by atoms with Crippen molar-refractivity contribution in [3.63, 3.8) is 0 Å². The van der Waals surface area contributed by atoms with E-state index in [1.165, 1.54) is 89.9 Å². The van der Waals surface area contributed by atoms with Crippen molar-refractivity contribution < 1.29 is 92.4 Å². The van der Waals surface area contributed by atoms with E-state index in [1.807, 2.05) is 0 Å². The minimum absolute atomic E-state index is 0.168. The molecule has 21 nitrogen and oxygen atoms in total. The number of phosphoric ester groups is 1. The van der Waals surface area contributed by atoms with Gasteiger partial charge in [0.05, 0.1) is 44.7 Å². The average Bonchev–Trinajstić information content (AvgIpc) is 2.90. The van der Waals surface area contributed by atoms with Gasteiger partial charge < -0.3 is 74.7 Å². The Labute approximate surface area is 529 Å². The zero-order chi connectivity index (χ0) is 64.8. The molecule has 0 spiro atoms. The van der Waals surface area contributed by atoms with E-state index in [0.717, 1.165) is 116 Å². The molecule has 2 heterocycles. The highest BCUT2D eigenvalue weighted by Crippen LogP contribution is 2.42. The van der Waals surface area contributed by atoms with Crippen molar-refractivity contribution in [1.82, 2.24) is 10.6 Å². The van der Waals surface area contributed by atoms with Gasteiger partial charge in [0.1, 0.15) is 48.7 Å². The first-order valence-corrected chi connectivity index (χ1v) is 36.6. The van der Waals surface area contributed by atoms with Crippen molar-refractivity contribution in [2.24, 2.45) is 0 Å². The van der Waals surface area contributed by atoms with Gasteiger partial charge in [0.2, 0.25) is 11.8 Å². The number of phosphoric acid groups is 1. The number of amides is 2. The van der Waals surface area contributed by atoms with E-state index in [9.17, 15) is 64.2 Å². The number of unbranched alkanes of at least 4 members (excludes halogenated alkanes) is 32. The Balaban J connectivity index is 2.31. The average molecular weight is 1280 g/mol. The molecule has 0 bridgehead atoms. The first kappa shape index (κ1) is 81.7. The molecule has 518 valence electrons. The van der Waals surface area contributed by atoms with E-state index in [-0.39, 0.29) is 19.3 Å². The van der Waals surface area contributed by atoms with E-state index in [2.05, 4.69) is 38.3 Å². The number of hydrogen-bond donors (Lipinski definition) is 10. The lowest BCUT2D eigenvalue weighted by atomic mass is 9.95. The number of esters is 2. The maximum absolute atomic E-state index is 14.1. The third kappa shape index (κ3) is 38.6. The third-order valence-electron chi connectivity index (χ3n) is 17.1. The minimum Gasteiger partial charge on any atom is -0.462 e. The van der Waals surface area contributed by atoms with Crippen LogP contribution in [-0.4, -0.2) is 157 Å². The quantitative estimate of drug-likeness (QED) is 0.0154. The van der Waals surface area contributed by atoms with Crippen molar-refractivity contribution in [3.8, 4) is 0 Å². The molecule has 0 radical (unpaired) electrons. The molecule has 0 aromatic rings. The smallest absolute Gasteiger partial charge is 0.462 e. The van der Waals surface area contributed by atoms with E-state index >= 15 is 0 Å². The topological polar surface area (TPSA) is 327 Å². The summed E-state index contributed by atoms with van der Waals surface area (Å²) in [6, 6.07) is -3.28. The third-order valence-corrected chi connectivity index (χ3v) is 17.6. The normalized spacial score (nSPS) is 23.3. The monoisotopic (exact) mass is 1280 g/mol. The molecule has 0 aromatic carbocycles. The highest BCUT2D eigenvalue weighted by molar-refractivity contribution is 7.46. The van der Waals surface area contributed by atoms with Crippen molar-refractivity contribution in [1.29, 1.82) is 0 Å². The van der Waals surface area contributed by atoms with Crippen molar-refractivity contribution in [2.45, 2.75) is 383 Å². The zero-order valence-corrected chi connectivity index (χ0v) is 55.7. The molecule has 13 atom stereocenters. The Morgan fingerprint density at radius 2 is 0.886 bits per heavy atom. The molecule has 2 saturated heterocycles. The minimum atomic E-state index is -5.37. The molecule has 10 N–H and O–H groups in total. The Hall–Kier alpha value is -2.37. The summed E-state index contributed by atoms with van der Waals surface area (Å²) in [7, 11) is -5.37. The highest BCUT2D eigenvalue weighted by atomic mass is 31.2. The van der Waals surface area contributed by atoms with Crippen LogP contribution < -0.4 is 10.6 Å². The molecule has 2 fully saturated rings. The number of ether oxygens (including phenoxy) is 5. The first-order chi connectivity index (χ1) is 42.4. The van der Waals surface area contributed by atoms with E-state index in [1.54, 1.807) is 0 Å². The lowest BCUT2D eigenvalue weighted by Gasteiger charge is -2.45.